The fourth-order valence-electron chi connectivity index (χ4n) is 2.30. The quantitative estimate of drug-likeness (QED) is 0.438. The second kappa shape index (κ2) is 2.65. The summed E-state index contributed by atoms with van der Waals surface area (Å²) in [6.07, 6.45) is 9.43. The first-order chi connectivity index (χ1) is 4.85. The molecule has 60 valence electrons. The van der Waals surface area contributed by atoms with Gasteiger partial charge in [0.1, 0.15) is 0 Å². The number of hydrogen-bond acceptors (Lipinski definition) is 0. The Morgan fingerprint density at radius 3 is 3.00 bits per heavy atom. The zero-order chi connectivity index (χ0) is 7.03. The molecule has 0 amide bonds. The monoisotopic (exact) mass is 251 g/mol. The van der Waals surface area contributed by atoms with Gasteiger partial charge in [0.2, 0.25) is 0 Å². The van der Waals surface area contributed by atoms with Gasteiger partial charge < -0.3 is 0 Å². The van der Waals surface area contributed by atoms with Crippen molar-refractivity contribution in [1.29, 1.82) is 0 Å². The van der Waals surface area contributed by atoms with Crippen molar-refractivity contribution >= 4 is 0 Å². The molecule has 2 atom stereocenters. The van der Waals surface area contributed by atoms with E-state index in [1.165, 1.54) is 10.3 Å². The van der Waals surface area contributed by atoms with Crippen LogP contribution < -0.4 is 21.2 Å². The molecular weight excluding hydrogens is 235 g/mol. The van der Waals surface area contributed by atoms with E-state index in [2.05, 4.69) is 6.92 Å². The van der Waals surface area contributed by atoms with E-state index in [0.29, 0.717) is 21.2 Å². The average molecular weight is 251 g/mol. The second-order valence-corrected chi connectivity index (χ2v) is 8.31. The van der Waals surface area contributed by atoms with Crippen LogP contribution in [0.15, 0.2) is 0 Å². The fraction of sp³-hybridized carbons (Fsp3) is 1.00. The van der Waals surface area contributed by atoms with E-state index in [4.69, 9.17) is 0 Å². The van der Waals surface area contributed by atoms with Crippen molar-refractivity contribution in [3.63, 3.8) is 0 Å². The Balaban J connectivity index is 2.10. The van der Waals surface area contributed by atoms with Crippen LogP contribution in [-0.2, 0) is 0 Å². The van der Waals surface area contributed by atoms with Crippen LogP contribution in [0, 0.1) is 0 Å². The number of halogens is 1. The summed E-state index contributed by atoms with van der Waals surface area (Å²) in [5.74, 6) is 0. The van der Waals surface area contributed by atoms with Crippen LogP contribution in [0.4, 0.5) is 0 Å². The maximum absolute atomic E-state index is 2.41. The van der Waals surface area contributed by atoms with Crippen LogP contribution in [0.5, 0.6) is 0 Å². The summed E-state index contributed by atoms with van der Waals surface area (Å²) in [4.78, 5) is 0. The molecule has 0 spiro atoms. The minimum absolute atomic E-state index is 0.613. The van der Waals surface area contributed by atoms with E-state index in [0.717, 1.165) is 3.42 Å². The van der Waals surface area contributed by atoms with E-state index >= 15 is 0 Å². The van der Waals surface area contributed by atoms with Gasteiger partial charge in [0.05, 0.1) is 0 Å². The van der Waals surface area contributed by atoms with Crippen molar-refractivity contribution in [3.05, 3.63) is 0 Å². The Hall–Kier alpha value is 0.730. The van der Waals surface area contributed by atoms with E-state index in [1.54, 1.807) is 32.1 Å². The van der Waals surface area contributed by atoms with Crippen LogP contribution in [0.1, 0.15) is 45.4 Å². The molecule has 0 aromatic heterocycles. The summed E-state index contributed by atoms with van der Waals surface area (Å²) in [5, 5.41) is 0. The van der Waals surface area contributed by atoms with Crippen molar-refractivity contribution in [2.45, 2.75) is 52.8 Å². The topological polar surface area (TPSA) is 0 Å². The van der Waals surface area contributed by atoms with Gasteiger partial charge in [0.25, 0.3) is 0 Å². The molecule has 0 aliphatic carbocycles. The Labute approximate surface area is 74.0 Å². The Bertz CT molecular complexity index is 129. The molecular formula is C9H16I-. The predicted octanol–water partition coefficient (Wildman–Crippen LogP) is -0.429. The number of alkyl halides is 2. The molecule has 2 heterocycles. The molecule has 10 heavy (non-hydrogen) atoms. The van der Waals surface area contributed by atoms with Crippen molar-refractivity contribution < 1.29 is 21.2 Å². The van der Waals surface area contributed by atoms with Gasteiger partial charge in [0, 0.05) is 0 Å². The Morgan fingerprint density at radius 2 is 2.30 bits per heavy atom. The first kappa shape index (κ1) is 7.38. The molecule has 2 aliphatic heterocycles. The SMILES string of the molecule is CCC12CCCC(CC1)[I-]2. The molecule has 0 saturated carbocycles. The van der Waals surface area contributed by atoms with Crippen LogP contribution in [0.2, 0.25) is 0 Å². The van der Waals surface area contributed by atoms with Crippen LogP contribution in [0.3, 0.4) is 0 Å². The predicted molar refractivity (Wildman–Crippen MR) is 39.9 cm³/mol. The molecule has 0 N–H and O–H groups in total. The van der Waals surface area contributed by atoms with E-state index in [-0.39, 0.29) is 0 Å². The molecule has 2 aliphatic rings. The van der Waals surface area contributed by atoms with Crippen LogP contribution in [0.25, 0.3) is 0 Å². The third-order valence-electron chi connectivity index (χ3n) is 3.07. The molecule has 2 saturated heterocycles. The van der Waals surface area contributed by atoms with Gasteiger partial charge in [0.15, 0.2) is 0 Å². The van der Waals surface area contributed by atoms with Crippen LogP contribution >= 0.6 is 0 Å². The normalized spacial score (nSPS) is 46.7. The van der Waals surface area contributed by atoms with Gasteiger partial charge in [-0.2, -0.15) is 0 Å². The van der Waals surface area contributed by atoms with Crippen molar-refractivity contribution in [1.82, 2.24) is 0 Å². The van der Waals surface area contributed by atoms with Gasteiger partial charge in [-0.05, 0) is 0 Å². The number of fused-ring (bicyclic) bond motifs is 2. The second-order valence-electron chi connectivity index (χ2n) is 3.64. The van der Waals surface area contributed by atoms with Crippen molar-refractivity contribution in [3.8, 4) is 0 Å². The van der Waals surface area contributed by atoms with Gasteiger partial charge in [-0.25, -0.2) is 0 Å². The molecule has 2 rings (SSSR count). The fourth-order valence-corrected chi connectivity index (χ4v) is 7.30. The van der Waals surface area contributed by atoms with Gasteiger partial charge in [-0.15, -0.1) is 0 Å². The molecule has 0 nitrogen and oxygen atoms in total. The molecule has 0 aromatic carbocycles. The zero-order valence-electron chi connectivity index (χ0n) is 6.70. The number of rotatable bonds is 1. The van der Waals surface area contributed by atoms with E-state index in [9.17, 15) is 0 Å². The molecule has 2 fully saturated rings. The van der Waals surface area contributed by atoms with Gasteiger partial charge in [-0.1, -0.05) is 0 Å². The first-order valence-corrected chi connectivity index (χ1v) is 6.82. The molecule has 2 unspecified atom stereocenters. The maximum atomic E-state index is 2.41. The zero-order valence-corrected chi connectivity index (χ0v) is 8.86. The first-order valence-electron chi connectivity index (χ1n) is 4.49. The molecule has 2 bridgehead atoms. The molecule has 0 radical (unpaired) electrons. The van der Waals surface area contributed by atoms with Crippen molar-refractivity contribution in [2.75, 3.05) is 0 Å². The van der Waals surface area contributed by atoms with Crippen molar-refractivity contribution in [2.24, 2.45) is 0 Å². The molecule has 0 aromatic rings. The average Bonchev–Trinajstić information content (AvgIpc) is 2.29. The standard InChI is InChI=1S/C9H16I/c1-2-9-6-3-4-8(10-9)5-7-9/h8H,2-7H2,1H3/q-1. The summed E-state index contributed by atoms with van der Waals surface area (Å²) in [6.45, 7) is 2.41. The van der Waals surface area contributed by atoms with E-state index < -0.39 is 0 Å². The third kappa shape index (κ3) is 1.10. The minimum atomic E-state index is 0.613. The summed E-state index contributed by atoms with van der Waals surface area (Å²) >= 11 is 0.613. The van der Waals surface area contributed by atoms with Gasteiger partial charge in [-0.3, -0.25) is 0 Å². The summed E-state index contributed by atoms with van der Waals surface area (Å²) in [5.41, 5.74) is 0. The Morgan fingerprint density at radius 1 is 1.40 bits per heavy atom. The van der Waals surface area contributed by atoms with Crippen LogP contribution in [-0.4, -0.2) is 7.35 Å². The summed E-state index contributed by atoms with van der Waals surface area (Å²) < 4.78 is 2.19. The molecule has 1 heteroatoms. The summed E-state index contributed by atoms with van der Waals surface area (Å²) in [7, 11) is 0. The Kier molecular flexibility index (Phi) is 1.96. The summed E-state index contributed by atoms with van der Waals surface area (Å²) in [6, 6.07) is 0. The number of hydrogen-bond donors (Lipinski definition) is 0. The third-order valence-corrected chi connectivity index (χ3v) is 8.36. The van der Waals surface area contributed by atoms with Gasteiger partial charge >= 0.3 is 74.0 Å². The van der Waals surface area contributed by atoms with E-state index in [1.807, 2.05) is 0 Å².